The van der Waals surface area contributed by atoms with E-state index >= 15 is 0 Å². The zero-order valence-electron chi connectivity index (χ0n) is 9.48. The molecular formula is C12H17NO3. The van der Waals surface area contributed by atoms with Gasteiger partial charge in [0.15, 0.2) is 0 Å². The third kappa shape index (κ3) is 1.35. The molecule has 0 amide bonds. The number of nitrogens with zero attached hydrogens (tertiary/aromatic N) is 1. The molecular weight excluding hydrogens is 206 g/mol. The van der Waals surface area contributed by atoms with Gasteiger partial charge in [0, 0.05) is 18.8 Å². The molecule has 4 aliphatic rings. The van der Waals surface area contributed by atoms with Crippen molar-refractivity contribution in [1.29, 1.82) is 0 Å². The molecule has 4 nitrogen and oxygen atoms in total. The Morgan fingerprint density at radius 1 is 1.38 bits per heavy atom. The lowest BCUT2D eigenvalue weighted by atomic mass is 9.53. The quantitative estimate of drug-likeness (QED) is 0.420. The topological polar surface area (TPSA) is 58.9 Å². The van der Waals surface area contributed by atoms with Crippen LogP contribution in [0.1, 0.15) is 39.0 Å². The minimum Gasteiger partial charge on any atom is -0.459 e. The summed E-state index contributed by atoms with van der Waals surface area (Å²) in [6.07, 6.45) is 4.95. The van der Waals surface area contributed by atoms with Gasteiger partial charge in [-0.05, 0) is 38.0 Å². The van der Waals surface area contributed by atoms with Crippen molar-refractivity contribution in [2.24, 2.45) is 22.9 Å². The van der Waals surface area contributed by atoms with Crippen LogP contribution in [0.25, 0.3) is 0 Å². The molecule has 4 rings (SSSR count). The van der Waals surface area contributed by atoms with Crippen LogP contribution in [-0.2, 0) is 9.53 Å². The smallest absolute Gasteiger partial charge is 0.303 e. The van der Waals surface area contributed by atoms with Gasteiger partial charge >= 0.3 is 5.97 Å². The normalized spacial score (nSPS) is 44.6. The van der Waals surface area contributed by atoms with Crippen LogP contribution >= 0.6 is 0 Å². The van der Waals surface area contributed by atoms with Gasteiger partial charge in [-0.1, -0.05) is 5.16 Å². The van der Waals surface area contributed by atoms with Crippen molar-refractivity contribution >= 4 is 11.7 Å². The largest absolute Gasteiger partial charge is 0.459 e. The number of carbonyl (C=O) groups excluding carboxylic acids is 1. The van der Waals surface area contributed by atoms with Crippen LogP contribution < -0.4 is 0 Å². The van der Waals surface area contributed by atoms with Crippen molar-refractivity contribution in [3.05, 3.63) is 0 Å². The van der Waals surface area contributed by atoms with E-state index in [1.807, 2.05) is 0 Å². The van der Waals surface area contributed by atoms with Gasteiger partial charge in [0.05, 0.1) is 5.71 Å². The molecule has 4 aliphatic carbocycles. The average molecular weight is 223 g/mol. The molecule has 4 fully saturated rings. The number of rotatable bonds is 1. The van der Waals surface area contributed by atoms with Gasteiger partial charge in [-0.3, -0.25) is 4.79 Å². The Balaban J connectivity index is 1.89. The fourth-order valence-electron chi connectivity index (χ4n) is 4.29. The first-order valence-corrected chi connectivity index (χ1v) is 6.03. The second kappa shape index (κ2) is 3.22. The van der Waals surface area contributed by atoms with Crippen LogP contribution in [0.5, 0.6) is 0 Å². The second-order valence-electron chi connectivity index (χ2n) is 5.65. The van der Waals surface area contributed by atoms with E-state index in [0.717, 1.165) is 37.8 Å². The maximum absolute atomic E-state index is 11.2. The Kier molecular flexibility index (Phi) is 2.03. The van der Waals surface area contributed by atoms with Crippen LogP contribution in [0, 0.1) is 17.8 Å². The molecule has 4 bridgehead atoms. The van der Waals surface area contributed by atoms with Crippen molar-refractivity contribution in [1.82, 2.24) is 0 Å². The third-order valence-electron chi connectivity index (χ3n) is 4.45. The van der Waals surface area contributed by atoms with Gasteiger partial charge in [0.1, 0.15) is 5.60 Å². The Hall–Kier alpha value is -1.06. The van der Waals surface area contributed by atoms with Crippen LogP contribution in [-0.4, -0.2) is 22.5 Å². The van der Waals surface area contributed by atoms with Gasteiger partial charge in [0.25, 0.3) is 0 Å². The van der Waals surface area contributed by atoms with Crippen LogP contribution in [0.15, 0.2) is 5.16 Å². The van der Waals surface area contributed by atoms with Crippen molar-refractivity contribution in [3.8, 4) is 0 Å². The van der Waals surface area contributed by atoms with E-state index in [1.54, 1.807) is 0 Å². The lowest BCUT2D eigenvalue weighted by Gasteiger charge is -2.55. The first-order valence-electron chi connectivity index (χ1n) is 6.03. The van der Waals surface area contributed by atoms with E-state index in [9.17, 15) is 4.79 Å². The number of carbonyl (C=O) groups is 1. The summed E-state index contributed by atoms with van der Waals surface area (Å²) >= 11 is 0. The van der Waals surface area contributed by atoms with E-state index in [2.05, 4.69) is 5.16 Å². The van der Waals surface area contributed by atoms with Crippen molar-refractivity contribution in [2.45, 2.75) is 44.6 Å². The fraction of sp³-hybridized carbons (Fsp3) is 0.833. The van der Waals surface area contributed by atoms with E-state index in [4.69, 9.17) is 9.94 Å². The molecule has 0 saturated heterocycles. The molecule has 4 saturated carbocycles. The minimum absolute atomic E-state index is 0.176. The van der Waals surface area contributed by atoms with Gasteiger partial charge in [0.2, 0.25) is 0 Å². The Bertz CT molecular complexity index is 345. The molecule has 1 N–H and O–H groups in total. The van der Waals surface area contributed by atoms with Gasteiger partial charge in [-0.15, -0.1) is 0 Å². The molecule has 0 heterocycles. The van der Waals surface area contributed by atoms with Crippen molar-refractivity contribution < 1.29 is 14.7 Å². The number of hydrogen-bond donors (Lipinski definition) is 1. The van der Waals surface area contributed by atoms with Gasteiger partial charge in [-0.2, -0.15) is 0 Å². The summed E-state index contributed by atoms with van der Waals surface area (Å²) in [7, 11) is 0. The molecule has 0 unspecified atom stereocenters. The summed E-state index contributed by atoms with van der Waals surface area (Å²) in [6, 6.07) is 0. The lowest BCUT2D eigenvalue weighted by Crippen LogP contribution is -2.56. The Morgan fingerprint density at radius 2 is 2.00 bits per heavy atom. The number of ether oxygens (including phenoxy) is 1. The summed E-state index contributed by atoms with van der Waals surface area (Å²) in [6.45, 7) is 1.49. The monoisotopic (exact) mass is 223 g/mol. The molecule has 0 aromatic carbocycles. The van der Waals surface area contributed by atoms with E-state index in [0.29, 0.717) is 17.8 Å². The maximum atomic E-state index is 11.2. The highest BCUT2D eigenvalue weighted by molar-refractivity contribution is 5.90. The minimum atomic E-state index is -0.240. The molecule has 4 heteroatoms. The molecule has 88 valence electrons. The Morgan fingerprint density at radius 3 is 2.50 bits per heavy atom. The van der Waals surface area contributed by atoms with Gasteiger partial charge < -0.3 is 9.94 Å². The average Bonchev–Trinajstić information content (AvgIpc) is 2.13. The van der Waals surface area contributed by atoms with Crippen molar-refractivity contribution in [2.75, 3.05) is 0 Å². The Labute approximate surface area is 94.7 Å². The highest BCUT2D eigenvalue weighted by Crippen LogP contribution is 2.55. The summed E-state index contributed by atoms with van der Waals surface area (Å²) < 4.78 is 5.57. The summed E-state index contributed by atoms with van der Waals surface area (Å²) in [5.41, 5.74) is 0.718. The molecule has 0 aromatic heterocycles. The predicted molar refractivity (Wildman–Crippen MR) is 57.3 cm³/mol. The first kappa shape index (κ1) is 10.1. The molecule has 0 aliphatic heterocycles. The summed E-state index contributed by atoms with van der Waals surface area (Å²) in [5, 5.41) is 12.5. The second-order valence-corrected chi connectivity index (χ2v) is 5.65. The molecule has 0 radical (unpaired) electrons. The highest BCUT2D eigenvalue weighted by atomic mass is 16.6. The predicted octanol–water partition coefficient (Wildman–Crippen LogP) is 1.96. The highest BCUT2D eigenvalue weighted by Gasteiger charge is 2.56. The standard InChI is InChI=1S/C12H17NO3/c1-7(14)16-12-4-8-2-9(5-12)11(13-15)10(3-8)6-12/h8-10,15H,2-6H2,1H3/t8?,9-,10-,12?/m0/s1. The zero-order chi connectivity index (χ0) is 11.3. The number of oxime groups is 1. The SMILES string of the molecule is CC(=O)OC12CC3C[C@@H](C1)C(=NO)[C@@H](C3)C2. The summed E-state index contributed by atoms with van der Waals surface area (Å²) in [4.78, 5) is 11.2. The fourth-order valence-corrected chi connectivity index (χ4v) is 4.29. The van der Waals surface area contributed by atoms with E-state index < -0.39 is 0 Å². The molecule has 16 heavy (non-hydrogen) atoms. The number of esters is 1. The molecule has 0 aromatic rings. The molecule has 0 spiro atoms. The first-order chi connectivity index (χ1) is 7.62. The van der Waals surface area contributed by atoms with E-state index in [1.165, 1.54) is 6.92 Å². The van der Waals surface area contributed by atoms with Crippen LogP contribution in [0.4, 0.5) is 0 Å². The lowest BCUT2D eigenvalue weighted by molar-refractivity contribution is -0.173. The van der Waals surface area contributed by atoms with Crippen molar-refractivity contribution in [3.63, 3.8) is 0 Å². The van der Waals surface area contributed by atoms with E-state index in [-0.39, 0.29) is 11.6 Å². The van der Waals surface area contributed by atoms with Gasteiger partial charge in [-0.25, -0.2) is 0 Å². The van der Waals surface area contributed by atoms with Crippen LogP contribution in [0.3, 0.4) is 0 Å². The van der Waals surface area contributed by atoms with Crippen LogP contribution in [0.2, 0.25) is 0 Å². The molecule has 2 atom stereocenters. The zero-order valence-corrected chi connectivity index (χ0v) is 9.48. The summed E-state index contributed by atoms with van der Waals surface area (Å²) in [5.74, 6) is 1.16. The maximum Gasteiger partial charge on any atom is 0.303 e. The third-order valence-corrected chi connectivity index (χ3v) is 4.45. The number of hydrogen-bond acceptors (Lipinski definition) is 4.